The Labute approximate surface area is 135 Å². The Bertz CT molecular complexity index is 849. The second kappa shape index (κ2) is 6.02. The molecule has 2 aromatic rings. The molecule has 0 aliphatic carbocycles. The number of anilines is 2. The van der Waals surface area contributed by atoms with Crippen LogP contribution in [0, 0.1) is 0 Å². The first-order valence-corrected chi connectivity index (χ1v) is 8.75. The van der Waals surface area contributed by atoms with Crippen LogP contribution in [-0.4, -0.2) is 20.5 Å². The first-order chi connectivity index (χ1) is 11.0. The number of fused-ring (bicyclic) bond motifs is 1. The third-order valence-electron chi connectivity index (χ3n) is 3.61. The van der Waals surface area contributed by atoms with Gasteiger partial charge in [-0.25, -0.2) is 8.42 Å². The minimum atomic E-state index is -3.71. The van der Waals surface area contributed by atoms with Crippen molar-refractivity contribution >= 4 is 27.3 Å². The molecule has 0 radical (unpaired) electrons. The van der Waals surface area contributed by atoms with Crippen LogP contribution in [0.1, 0.15) is 12.5 Å². The lowest BCUT2D eigenvalue weighted by molar-refractivity contribution is -0.117. The monoisotopic (exact) mass is 331 g/mol. The van der Waals surface area contributed by atoms with Crippen LogP contribution in [0.3, 0.4) is 0 Å². The number of carbonyl (C=O) groups is 1. The SMILES string of the molecule is CCc1cccc(NC(=O)[C@@H]2Nc3ccccc3S(=O)(=O)N2)c1. The van der Waals surface area contributed by atoms with Crippen molar-refractivity contribution in [2.24, 2.45) is 0 Å². The summed E-state index contributed by atoms with van der Waals surface area (Å²) in [4.78, 5) is 12.5. The number of aryl methyl sites for hydroxylation is 1. The summed E-state index contributed by atoms with van der Waals surface area (Å²) >= 11 is 0. The highest BCUT2D eigenvalue weighted by Crippen LogP contribution is 2.25. The summed E-state index contributed by atoms with van der Waals surface area (Å²) in [5.41, 5.74) is 2.13. The summed E-state index contributed by atoms with van der Waals surface area (Å²) in [7, 11) is -3.71. The van der Waals surface area contributed by atoms with E-state index in [4.69, 9.17) is 0 Å². The van der Waals surface area contributed by atoms with Crippen molar-refractivity contribution in [3.8, 4) is 0 Å². The zero-order chi connectivity index (χ0) is 16.4. The molecule has 0 aromatic heterocycles. The molecule has 0 bridgehead atoms. The second-order valence-corrected chi connectivity index (χ2v) is 6.92. The zero-order valence-corrected chi connectivity index (χ0v) is 13.4. The van der Waals surface area contributed by atoms with Gasteiger partial charge >= 0.3 is 0 Å². The highest BCUT2D eigenvalue weighted by Gasteiger charge is 2.32. The van der Waals surface area contributed by atoms with Crippen LogP contribution in [0.15, 0.2) is 53.4 Å². The predicted octanol–water partition coefficient (Wildman–Crippen LogP) is 1.92. The third kappa shape index (κ3) is 3.20. The maximum Gasteiger partial charge on any atom is 0.262 e. The van der Waals surface area contributed by atoms with E-state index in [0.717, 1.165) is 12.0 Å². The smallest absolute Gasteiger partial charge is 0.262 e. The van der Waals surface area contributed by atoms with Crippen molar-refractivity contribution in [1.82, 2.24) is 4.72 Å². The van der Waals surface area contributed by atoms with E-state index in [9.17, 15) is 13.2 Å². The minimum Gasteiger partial charge on any atom is -0.360 e. The molecular weight excluding hydrogens is 314 g/mol. The van der Waals surface area contributed by atoms with Gasteiger partial charge in [-0.05, 0) is 36.2 Å². The molecule has 0 fully saturated rings. The molecule has 3 rings (SSSR count). The van der Waals surface area contributed by atoms with E-state index in [-0.39, 0.29) is 4.90 Å². The average molecular weight is 331 g/mol. The molecule has 23 heavy (non-hydrogen) atoms. The molecule has 1 heterocycles. The van der Waals surface area contributed by atoms with Gasteiger partial charge in [0.1, 0.15) is 4.90 Å². The number of nitrogens with one attached hydrogen (secondary N) is 3. The lowest BCUT2D eigenvalue weighted by Crippen LogP contribution is -2.51. The Kier molecular flexibility index (Phi) is 4.06. The van der Waals surface area contributed by atoms with Gasteiger partial charge in [-0.1, -0.05) is 31.2 Å². The topological polar surface area (TPSA) is 87.3 Å². The summed E-state index contributed by atoms with van der Waals surface area (Å²) in [5.74, 6) is -0.462. The van der Waals surface area contributed by atoms with Crippen LogP contribution in [0.5, 0.6) is 0 Å². The number of hydrogen-bond acceptors (Lipinski definition) is 4. The summed E-state index contributed by atoms with van der Waals surface area (Å²) in [5, 5.41) is 5.63. The fraction of sp³-hybridized carbons (Fsp3) is 0.188. The van der Waals surface area contributed by atoms with E-state index in [1.54, 1.807) is 24.3 Å². The summed E-state index contributed by atoms with van der Waals surface area (Å²) in [6.07, 6.45) is -0.203. The van der Waals surface area contributed by atoms with Gasteiger partial charge in [-0.3, -0.25) is 4.79 Å². The molecule has 2 aromatic carbocycles. The van der Waals surface area contributed by atoms with Crippen LogP contribution in [0.25, 0.3) is 0 Å². The van der Waals surface area contributed by atoms with Crippen molar-refractivity contribution in [3.63, 3.8) is 0 Å². The molecule has 1 aliphatic heterocycles. The van der Waals surface area contributed by atoms with E-state index in [1.807, 2.05) is 25.1 Å². The normalized spacial score (nSPS) is 18.6. The Hall–Kier alpha value is -2.38. The quantitative estimate of drug-likeness (QED) is 0.802. The number of carbonyl (C=O) groups excluding carboxylic acids is 1. The number of benzene rings is 2. The maximum absolute atomic E-state index is 12.4. The molecule has 0 spiro atoms. The van der Waals surface area contributed by atoms with Crippen LogP contribution in [-0.2, 0) is 21.2 Å². The lowest BCUT2D eigenvalue weighted by Gasteiger charge is -2.27. The molecule has 3 N–H and O–H groups in total. The fourth-order valence-corrected chi connectivity index (χ4v) is 3.70. The lowest BCUT2D eigenvalue weighted by atomic mass is 10.1. The number of rotatable bonds is 3. The van der Waals surface area contributed by atoms with Crippen molar-refractivity contribution < 1.29 is 13.2 Å². The zero-order valence-electron chi connectivity index (χ0n) is 12.5. The highest BCUT2D eigenvalue weighted by atomic mass is 32.2. The summed E-state index contributed by atoms with van der Waals surface area (Å²) in [6.45, 7) is 2.02. The molecule has 6 nitrogen and oxygen atoms in total. The summed E-state index contributed by atoms with van der Waals surface area (Å²) < 4.78 is 26.8. The molecular formula is C16H17N3O3S. The molecule has 0 unspecified atom stereocenters. The number of sulfonamides is 1. The van der Waals surface area contributed by atoms with E-state index in [2.05, 4.69) is 15.4 Å². The van der Waals surface area contributed by atoms with Crippen LogP contribution < -0.4 is 15.4 Å². The van der Waals surface area contributed by atoms with Gasteiger partial charge in [0, 0.05) is 5.69 Å². The maximum atomic E-state index is 12.4. The molecule has 0 saturated carbocycles. The fourth-order valence-electron chi connectivity index (χ4n) is 2.43. The van der Waals surface area contributed by atoms with Crippen LogP contribution in [0.4, 0.5) is 11.4 Å². The first kappa shape index (κ1) is 15.5. The van der Waals surface area contributed by atoms with Crippen LogP contribution >= 0.6 is 0 Å². The number of para-hydroxylation sites is 1. The highest BCUT2D eigenvalue weighted by molar-refractivity contribution is 7.89. The van der Waals surface area contributed by atoms with Gasteiger partial charge in [0.05, 0.1) is 5.69 Å². The van der Waals surface area contributed by atoms with Gasteiger partial charge in [0.2, 0.25) is 10.0 Å². The average Bonchev–Trinajstić information content (AvgIpc) is 2.54. The molecule has 1 amide bonds. The second-order valence-electron chi connectivity index (χ2n) is 5.24. The number of hydrogen-bond donors (Lipinski definition) is 3. The van der Waals surface area contributed by atoms with Crippen molar-refractivity contribution in [1.29, 1.82) is 0 Å². The van der Waals surface area contributed by atoms with Gasteiger partial charge < -0.3 is 10.6 Å². The van der Waals surface area contributed by atoms with Gasteiger partial charge in [-0.2, -0.15) is 4.72 Å². The molecule has 1 aliphatic rings. The molecule has 1 atom stereocenters. The molecule has 0 saturated heterocycles. The van der Waals surface area contributed by atoms with Gasteiger partial charge in [-0.15, -0.1) is 0 Å². The third-order valence-corrected chi connectivity index (χ3v) is 5.10. The van der Waals surface area contributed by atoms with Gasteiger partial charge in [0.25, 0.3) is 5.91 Å². The molecule has 7 heteroatoms. The minimum absolute atomic E-state index is 0.136. The Balaban J connectivity index is 1.81. The van der Waals surface area contributed by atoms with Crippen LogP contribution in [0.2, 0.25) is 0 Å². The largest absolute Gasteiger partial charge is 0.360 e. The molecule has 120 valence electrons. The van der Waals surface area contributed by atoms with E-state index < -0.39 is 22.1 Å². The van der Waals surface area contributed by atoms with E-state index >= 15 is 0 Å². The first-order valence-electron chi connectivity index (χ1n) is 7.27. The standard InChI is InChI=1S/C16H17N3O3S/c1-2-11-6-5-7-12(10-11)17-16(20)15-18-13-8-3-4-9-14(13)23(21,22)19-15/h3-10,15,18-19H,2H2,1H3,(H,17,20)/t15-/m1/s1. The van der Waals surface area contributed by atoms with E-state index in [0.29, 0.717) is 11.4 Å². The van der Waals surface area contributed by atoms with Crippen molar-refractivity contribution in [3.05, 3.63) is 54.1 Å². The van der Waals surface area contributed by atoms with E-state index in [1.165, 1.54) is 6.07 Å². The number of amides is 1. The Morgan fingerprint density at radius 1 is 1.17 bits per heavy atom. The Morgan fingerprint density at radius 3 is 2.74 bits per heavy atom. The van der Waals surface area contributed by atoms with Gasteiger partial charge in [0.15, 0.2) is 6.17 Å². The Morgan fingerprint density at radius 2 is 1.96 bits per heavy atom. The summed E-state index contributed by atoms with van der Waals surface area (Å²) in [6, 6.07) is 13.9. The van der Waals surface area contributed by atoms with Crippen molar-refractivity contribution in [2.75, 3.05) is 10.6 Å². The van der Waals surface area contributed by atoms with Crippen molar-refractivity contribution in [2.45, 2.75) is 24.4 Å². The predicted molar refractivity (Wildman–Crippen MR) is 88.6 cm³/mol.